The lowest BCUT2D eigenvalue weighted by atomic mass is 10.1. The van der Waals surface area contributed by atoms with Gasteiger partial charge in [0.15, 0.2) is 18.2 Å². The summed E-state index contributed by atoms with van der Waals surface area (Å²) in [4.78, 5) is 12.6. The van der Waals surface area contributed by atoms with E-state index in [1.807, 2.05) is 42.5 Å². The molecule has 2 heterocycles. The van der Waals surface area contributed by atoms with E-state index < -0.39 is 5.91 Å². The summed E-state index contributed by atoms with van der Waals surface area (Å²) in [5.74, 6) is 0.364. The van der Waals surface area contributed by atoms with Gasteiger partial charge in [-0.15, -0.1) is 0 Å². The Balaban J connectivity index is 1.15. The van der Waals surface area contributed by atoms with Crippen LogP contribution in [0, 0.1) is 5.82 Å². The fourth-order valence-electron chi connectivity index (χ4n) is 3.57. The number of nitrogens with zero attached hydrogens (tertiary/aromatic N) is 4. The van der Waals surface area contributed by atoms with E-state index in [2.05, 4.69) is 27.6 Å². The number of hydrogen-bond acceptors (Lipinski definition) is 4. The van der Waals surface area contributed by atoms with Crippen LogP contribution in [-0.4, -0.2) is 25.5 Å². The van der Waals surface area contributed by atoms with Gasteiger partial charge in [-0.05, 0) is 35.4 Å². The van der Waals surface area contributed by atoms with E-state index in [4.69, 9.17) is 4.74 Å². The van der Waals surface area contributed by atoms with Gasteiger partial charge in [-0.3, -0.25) is 9.48 Å². The zero-order chi connectivity index (χ0) is 24.0. The van der Waals surface area contributed by atoms with Crippen LogP contribution in [0.5, 0.6) is 5.75 Å². The Bertz CT molecular complexity index is 1430. The predicted molar refractivity (Wildman–Crippen MR) is 130 cm³/mol. The summed E-state index contributed by atoms with van der Waals surface area (Å²) in [7, 11) is 0. The first-order valence-electron chi connectivity index (χ1n) is 11.0. The van der Waals surface area contributed by atoms with Crippen molar-refractivity contribution in [2.75, 3.05) is 5.32 Å². The summed E-state index contributed by atoms with van der Waals surface area (Å²) < 4.78 is 22.7. The number of carbonyl (C=O) groups is 1. The molecule has 0 fully saturated rings. The third kappa shape index (κ3) is 5.44. The van der Waals surface area contributed by atoms with Crippen molar-refractivity contribution in [3.05, 3.63) is 120 Å². The smallest absolute Gasteiger partial charge is 0.277 e. The van der Waals surface area contributed by atoms with Crippen LogP contribution < -0.4 is 10.1 Å². The number of rotatable bonds is 8. The molecule has 0 aliphatic rings. The molecule has 0 saturated carbocycles. The molecule has 5 aromatic rings. The molecule has 1 amide bonds. The molecule has 3 aromatic carbocycles. The van der Waals surface area contributed by atoms with Gasteiger partial charge < -0.3 is 10.1 Å². The third-order valence-electron chi connectivity index (χ3n) is 5.37. The van der Waals surface area contributed by atoms with E-state index in [1.54, 1.807) is 47.4 Å². The van der Waals surface area contributed by atoms with Crippen molar-refractivity contribution < 1.29 is 13.9 Å². The van der Waals surface area contributed by atoms with Crippen LogP contribution in [0.25, 0.3) is 11.1 Å². The molecular weight excluding hydrogens is 445 g/mol. The van der Waals surface area contributed by atoms with Gasteiger partial charge in [-0.25, -0.2) is 9.07 Å². The Hall–Kier alpha value is -4.72. The molecule has 7 nitrogen and oxygen atoms in total. The largest absolute Gasteiger partial charge is 0.471 e. The lowest BCUT2D eigenvalue weighted by molar-refractivity contribution is 0.101. The Morgan fingerprint density at radius 2 is 1.51 bits per heavy atom. The first-order chi connectivity index (χ1) is 17.1. The fourth-order valence-corrected chi connectivity index (χ4v) is 3.57. The van der Waals surface area contributed by atoms with Gasteiger partial charge in [-0.2, -0.15) is 10.2 Å². The number of ether oxygens (including phenoxy) is 1. The third-order valence-corrected chi connectivity index (χ3v) is 5.37. The van der Waals surface area contributed by atoms with Crippen LogP contribution in [0.1, 0.15) is 16.1 Å². The number of nitrogens with one attached hydrogen (secondary N) is 1. The predicted octanol–water partition coefficient (Wildman–Crippen LogP) is 5.22. The normalized spacial score (nSPS) is 10.8. The Morgan fingerprint density at radius 3 is 2.31 bits per heavy atom. The van der Waals surface area contributed by atoms with E-state index >= 15 is 0 Å². The Kier molecular flexibility index (Phi) is 6.34. The first kappa shape index (κ1) is 22.1. The molecule has 0 bridgehead atoms. The average Bonchev–Trinajstić information content (AvgIpc) is 3.55. The molecule has 35 heavy (non-hydrogen) atoms. The van der Waals surface area contributed by atoms with Crippen molar-refractivity contribution in [1.29, 1.82) is 0 Å². The molecular formula is C27H22FN5O2. The molecule has 2 aromatic heterocycles. The number of anilines is 1. The summed E-state index contributed by atoms with van der Waals surface area (Å²) in [5.41, 5.74) is 2.99. The summed E-state index contributed by atoms with van der Waals surface area (Å²) in [6.45, 7) is 0.427. The first-order valence-corrected chi connectivity index (χ1v) is 11.0. The molecule has 0 unspecified atom stereocenters. The summed E-state index contributed by atoms with van der Waals surface area (Å²) >= 11 is 0. The highest BCUT2D eigenvalue weighted by Crippen LogP contribution is 2.22. The van der Waals surface area contributed by atoms with E-state index in [-0.39, 0.29) is 24.8 Å². The van der Waals surface area contributed by atoms with Crippen molar-refractivity contribution >= 4 is 11.7 Å². The molecule has 8 heteroatoms. The summed E-state index contributed by atoms with van der Waals surface area (Å²) in [6, 6.07) is 27.7. The Labute approximate surface area is 201 Å². The van der Waals surface area contributed by atoms with Crippen LogP contribution in [0.3, 0.4) is 0 Å². The lowest BCUT2D eigenvalue weighted by Crippen LogP contribution is -2.15. The zero-order valence-electron chi connectivity index (χ0n) is 18.7. The maximum Gasteiger partial charge on any atom is 0.277 e. The van der Waals surface area contributed by atoms with E-state index in [9.17, 15) is 9.18 Å². The van der Waals surface area contributed by atoms with Crippen molar-refractivity contribution in [3.8, 4) is 16.9 Å². The molecule has 0 atom stereocenters. The number of carbonyl (C=O) groups excluding carboxylic acids is 1. The summed E-state index contributed by atoms with van der Waals surface area (Å²) in [6.07, 6.45) is 3.35. The number of aromatic nitrogens is 4. The average molecular weight is 468 g/mol. The van der Waals surface area contributed by atoms with Crippen LogP contribution in [0.15, 0.2) is 103 Å². The van der Waals surface area contributed by atoms with E-state index in [0.717, 1.165) is 11.1 Å². The highest BCUT2D eigenvalue weighted by Gasteiger charge is 2.12. The van der Waals surface area contributed by atoms with Crippen molar-refractivity contribution in [3.63, 3.8) is 0 Å². The lowest BCUT2D eigenvalue weighted by Gasteiger charge is -2.07. The van der Waals surface area contributed by atoms with Gasteiger partial charge in [0.25, 0.3) is 5.91 Å². The number of hydrogen-bond donors (Lipinski definition) is 1. The van der Waals surface area contributed by atoms with Crippen molar-refractivity contribution in [1.82, 2.24) is 19.6 Å². The molecule has 0 aliphatic heterocycles. The van der Waals surface area contributed by atoms with Gasteiger partial charge >= 0.3 is 0 Å². The van der Waals surface area contributed by atoms with Crippen LogP contribution in [-0.2, 0) is 13.3 Å². The zero-order valence-corrected chi connectivity index (χ0v) is 18.7. The summed E-state index contributed by atoms with van der Waals surface area (Å²) in [5, 5.41) is 11.3. The van der Waals surface area contributed by atoms with Crippen molar-refractivity contribution in [2.45, 2.75) is 13.3 Å². The minimum absolute atomic E-state index is 0.162. The maximum atomic E-state index is 13.8. The number of benzene rings is 3. The second-order valence-electron chi connectivity index (χ2n) is 7.85. The maximum absolute atomic E-state index is 13.8. The number of amides is 1. The van der Waals surface area contributed by atoms with Gasteiger partial charge in [0, 0.05) is 24.0 Å². The molecule has 0 radical (unpaired) electrons. The molecule has 174 valence electrons. The fraction of sp³-hybridized carbons (Fsp3) is 0.0741. The second kappa shape index (κ2) is 10.0. The van der Waals surface area contributed by atoms with Crippen LogP contribution in [0.4, 0.5) is 10.2 Å². The Morgan fingerprint density at radius 1 is 0.800 bits per heavy atom. The minimum atomic E-state index is -0.396. The van der Waals surface area contributed by atoms with Gasteiger partial charge in [0.1, 0.15) is 11.6 Å². The molecule has 1 N–H and O–H groups in total. The monoisotopic (exact) mass is 467 g/mol. The molecule has 0 aliphatic carbocycles. The quantitative estimate of drug-likeness (QED) is 0.339. The minimum Gasteiger partial charge on any atom is -0.471 e. The second-order valence-corrected chi connectivity index (χ2v) is 7.85. The SMILES string of the molecule is O=C(Nc1ccn(Cc2ccccc2F)n1)c1ccn(COc2ccc(-c3ccccc3)cc2)n1. The van der Waals surface area contributed by atoms with E-state index in [1.165, 1.54) is 10.7 Å². The van der Waals surface area contributed by atoms with Gasteiger partial charge in [-0.1, -0.05) is 60.7 Å². The number of halogens is 1. The molecule has 0 saturated heterocycles. The van der Waals surface area contributed by atoms with Gasteiger partial charge in [0.05, 0.1) is 6.54 Å². The van der Waals surface area contributed by atoms with Crippen LogP contribution in [0.2, 0.25) is 0 Å². The standard InChI is InChI=1S/C27H22FN5O2/c28-24-9-5-4-8-22(24)18-32-17-15-26(31-32)29-27(34)25-14-16-33(30-25)19-35-23-12-10-21(11-13-23)20-6-2-1-3-7-20/h1-17H,18-19H2,(H,29,31,34). The van der Waals surface area contributed by atoms with E-state index in [0.29, 0.717) is 17.1 Å². The van der Waals surface area contributed by atoms with Gasteiger partial charge in [0.2, 0.25) is 0 Å². The molecule has 0 spiro atoms. The molecule has 5 rings (SSSR count). The van der Waals surface area contributed by atoms with Crippen LogP contribution >= 0.6 is 0 Å². The highest BCUT2D eigenvalue weighted by molar-refractivity contribution is 6.02. The topological polar surface area (TPSA) is 74.0 Å². The van der Waals surface area contributed by atoms with Crippen molar-refractivity contribution in [2.24, 2.45) is 0 Å². The highest BCUT2D eigenvalue weighted by atomic mass is 19.1.